The Kier molecular flexibility index (Phi) is 2.10. The number of nitrogens with zero attached hydrogens (tertiary/aromatic N) is 3. The lowest BCUT2D eigenvalue weighted by Crippen LogP contribution is -2.01. The van der Waals surface area contributed by atoms with Crippen molar-refractivity contribution >= 4 is 0 Å². The van der Waals surface area contributed by atoms with Crippen molar-refractivity contribution in [2.24, 2.45) is 0 Å². The van der Waals surface area contributed by atoms with Crippen LogP contribution < -0.4 is 0 Å². The Morgan fingerprint density at radius 1 is 1.41 bits per heavy atom. The molecule has 1 aromatic carbocycles. The fourth-order valence-electron chi connectivity index (χ4n) is 1.94. The summed E-state index contributed by atoms with van der Waals surface area (Å²) in [6, 6.07) is 8.80. The molecule has 1 aliphatic heterocycles. The Bertz CT molecular complexity index is 625. The Hall–Kier alpha value is -2.32. The number of phenols is 1. The highest BCUT2D eigenvalue weighted by molar-refractivity contribution is 5.46. The highest BCUT2D eigenvalue weighted by atomic mass is 16.5. The summed E-state index contributed by atoms with van der Waals surface area (Å²) in [6.07, 6.45) is 0. The number of nitriles is 1. The highest BCUT2D eigenvalue weighted by Crippen LogP contribution is 2.25. The van der Waals surface area contributed by atoms with Crippen molar-refractivity contribution in [3.63, 3.8) is 0 Å². The Labute approximate surface area is 97.5 Å². The van der Waals surface area contributed by atoms with Crippen LogP contribution in [0.2, 0.25) is 0 Å². The first kappa shape index (κ1) is 9.87. The molecule has 0 bridgehead atoms. The van der Waals surface area contributed by atoms with Gasteiger partial charge in [0, 0.05) is 11.6 Å². The molecule has 3 rings (SSSR count). The summed E-state index contributed by atoms with van der Waals surface area (Å²) in [5.74, 6) is 0.151. The van der Waals surface area contributed by atoms with Gasteiger partial charge in [-0.1, -0.05) is 6.07 Å². The minimum Gasteiger partial charge on any atom is -0.508 e. The van der Waals surface area contributed by atoms with Crippen molar-refractivity contribution in [3.8, 4) is 17.5 Å². The number of rotatable bonds is 1. The lowest BCUT2D eigenvalue weighted by molar-refractivity contribution is 0.131. The van der Waals surface area contributed by atoms with Crippen LogP contribution in [0.5, 0.6) is 5.75 Å². The Morgan fingerprint density at radius 3 is 3.06 bits per heavy atom. The van der Waals surface area contributed by atoms with E-state index in [2.05, 4.69) is 11.2 Å². The molecular formula is C12H9N3O2. The molecule has 0 atom stereocenters. The van der Waals surface area contributed by atoms with Crippen molar-refractivity contribution in [2.45, 2.75) is 13.2 Å². The van der Waals surface area contributed by atoms with Gasteiger partial charge in [0.1, 0.15) is 17.5 Å². The molecule has 1 aromatic heterocycles. The average molecular weight is 227 g/mol. The van der Waals surface area contributed by atoms with Crippen LogP contribution in [-0.2, 0) is 18.0 Å². The van der Waals surface area contributed by atoms with Crippen molar-refractivity contribution in [3.05, 3.63) is 41.2 Å². The van der Waals surface area contributed by atoms with Gasteiger partial charge < -0.3 is 9.84 Å². The van der Waals surface area contributed by atoms with Crippen molar-refractivity contribution in [1.82, 2.24) is 9.78 Å². The van der Waals surface area contributed by atoms with E-state index in [0.717, 1.165) is 11.3 Å². The number of benzene rings is 1. The molecular weight excluding hydrogens is 218 g/mol. The standard InChI is InChI=1S/C12H9N3O2/c13-5-12-10-6-17-7-11(10)14-15(12)8-2-1-3-9(16)4-8/h1-4,16H,6-7H2. The summed E-state index contributed by atoms with van der Waals surface area (Å²) in [5.41, 5.74) is 2.79. The van der Waals surface area contributed by atoms with E-state index >= 15 is 0 Å². The molecule has 17 heavy (non-hydrogen) atoms. The molecule has 0 unspecified atom stereocenters. The molecule has 1 N–H and O–H groups in total. The van der Waals surface area contributed by atoms with Crippen LogP contribution in [0.1, 0.15) is 17.0 Å². The third-order valence-corrected chi connectivity index (χ3v) is 2.73. The van der Waals surface area contributed by atoms with Gasteiger partial charge >= 0.3 is 0 Å². The molecule has 0 radical (unpaired) electrons. The fraction of sp³-hybridized carbons (Fsp3) is 0.167. The van der Waals surface area contributed by atoms with E-state index < -0.39 is 0 Å². The lowest BCUT2D eigenvalue weighted by Gasteiger charge is -2.04. The summed E-state index contributed by atoms with van der Waals surface area (Å²) in [6.45, 7) is 0.868. The zero-order chi connectivity index (χ0) is 11.8. The number of fused-ring (bicyclic) bond motifs is 1. The molecule has 2 aromatic rings. The number of hydrogen-bond donors (Lipinski definition) is 1. The van der Waals surface area contributed by atoms with E-state index in [1.54, 1.807) is 28.9 Å². The predicted molar refractivity (Wildman–Crippen MR) is 58.4 cm³/mol. The maximum Gasteiger partial charge on any atom is 0.150 e. The summed E-state index contributed by atoms with van der Waals surface area (Å²) in [5, 5.41) is 22.9. The van der Waals surface area contributed by atoms with Crippen molar-refractivity contribution < 1.29 is 9.84 Å². The third-order valence-electron chi connectivity index (χ3n) is 2.73. The Morgan fingerprint density at radius 2 is 2.29 bits per heavy atom. The van der Waals surface area contributed by atoms with Crippen molar-refractivity contribution in [1.29, 1.82) is 5.26 Å². The summed E-state index contributed by atoms with van der Waals surface area (Å²) in [4.78, 5) is 0. The second-order valence-electron chi connectivity index (χ2n) is 3.81. The molecule has 0 spiro atoms. The van der Waals surface area contributed by atoms with Gasteiger partial charge in [-0.2, -0.15) is 10.4 Å². The van der Waals surface area contributed by atoms with Crippen LogP contribution in [0.4, 0.5) is 0 Å². The number of aromatic hydroxyl groups is 1. The fourth-order valence-corrected chi connectivity index (χ4v) is 1.94. The molecule has 84 valence electrons. The van der Waals surface area contributed by atoms with Gasteiger partial charge in [0.25, 0.3) is 0 Å². The molecule has 0 saturated heterocycles. The van der Waals surface area contributed by atoms with E-state index in [1.165, 1.54) is 0 Å². The maximum atomic E-state index is 9.44. The minimum absolute atomic E-state index is 0.151. The first-order chi connectivity index (χ1) is 8.29. The number of phenolic OH excluding ortho intramolecular Hbond substituents is 1. The van der Waals surface area contributed by atoms with Gasteiger partial charge in [-0.3, -0.25) is 0 Å². The summed E-state index contributed by atoms with van der Waals surface area (Å²) < 4.78 is 6.78. The number of ether oxygens (including phenoxy) is 1. The van der Waals surface area contributed by atoms with E-state index in [9.17, 15) is 10.4 Å². The Balaban J connectivity index is 2.19. The second-order valence-corrected chi connectivity index (χ2v) is 3.81. The summed E-state index contributed by atoms with van der Waals surface area (Å²) in [7, 11) is 0. The van der Waals surface area contributed by atoms with E-state index in [-0.39, 0.29) is 5.75 Å². The molecule has 1 aliphatic rings. The van der Waals surface area contributed by atoms with Crippen LogP contribution >= 0.6 is 0 Å². The van der Waals surface area contributed by atoms with Gasteiger partial charge in [-0.05, 0) is 12.1 Å². The smallest absolute Gasteiger partial charge is 0.150 e. The molecule has 5 nitrogen and oxygen atoms in total. The maximum absolute atomic E-state index is 9.44. The van der Waals surface area contributed by atoms with Crippen LogP contribution in [0, 0.1) is 11.3 Å². The van der Waals surface area contributed by atoms with E-state index in [1.807, 2.05) is 0 Å². The molecule has 0 aliphatic carbocycles. The predicted octanol–water partition coefficient (Wildman–Crippen LogP) is 1.48. The number of hydrogen-bond acceptors (Lipinski definition) is 4. The third kappa shape index (κ3) is 1.47. The van der Waals surface area contributed by atoms with Gasteiger partial charge in [0.05, 0.1) is 24.6 Å². The normalized spacial score (nSPS) is 13.4. The topological polar surface area (TPSA) is 71.1 Å². The first-order valence-corrected chi connectivity index (χ1v) is 5.17. The van der Waals surface area contributed by atoms with Crippen LogP contribution in [0.25, 0.3) is 5.69 Å². The van der Waals surface area contributed by atoms with Gasteiger partial charge in [-0.25, -0.2) is 4.68 Å². The van der Waals surface area contributed by atoms with Crippen LogP contribution in [0.3, 0.4) is 0 Å². The van der Waals surface area contributed by atoms with Gasteiger partial charge in [0.15, 0.2) is 0 Å². The first-order valence-electron chi connectivity index (χ1n) is 5.17. The zero-order valence-corrected chi connectivity index (χ0v) is 8.92. The molecule has 2 heterocycles. The summed E-state index contributed by atoms with van der Waals surface area (Å²) >= 11 is 0. The molecule has 0 amide bonds. The number of aromatic nitrogens is 2. The second kappa shape index (κ2) is 3.61. The van der Waals surface area contributed by atoms with E-state index in [0.29, 0.717) is 24.6 Å². The van der Waals surface area contributed by atoms with Crippen LogP contribution in [-0.4, -0.2) is 14.9 Å². The average Bonchev–Trinajstić information content (AvgIpc) is 2.88. The quantitative estimate of drug-likeness (QED) is 0.801. The largest absolute Gasteiger partial charge is 0.508 e. The SMILES string of the molecule is N#Cc1c2c(nn1-c1cccc(O)c1)COC2. The minimum atomic E-state index is 0.151. The van der Waals surface area contributed by atoms with E-state index in [4.69, 9.17) is 4.74 Å². The molecule has 0 fully saturated rings. The van der Waals surface area contributed by atoms with Gasteiger partial charge in [-0.15, -0.1) is 0 Å². The zero-order valence-electron chi connectivity index (χ0n) is 8.92. The monoisotopic (exact) mass is 227 g/mol. The van der Waals surface area contributed by atoms with Crippen molar-refractivity contribution in [2.75, 3.05) is 0 Å². The van der Waals surface area contributed by atoms with Gasteiger partial charge in [0.2, 0.25) is 0 Å². The highest BCUT2D eigenvalue weighted by Gasteiger charge is 2.23. The molecule has 5 heteroatoms. The molecule has 0 saturated carbocycles. The lowest BCUT2D eigenvalue weighted by atomic mass is 10.2. The van der Waals surface area contributed by atoms with Crippen LogP contribution in [0.15, 0.2) is 24.3 Å².